The summed E-state index contributed by atoms with van der Waals surface area (Å²) in [5, 5.41) is 5.49. The summed E-state index contributed by atoms with van der Waals surface area (Å²) in [7, 11) is 0. The number of rotatable bonds is 8. The van der Waals surface area contributed by atoms with Crippen molar-refractivity contribution >= 4 is 11.9 Å². The summed E-state index contributed by atoms with van der Waals surface area (Å²) in [5.74, 6) is -0.256. The number of carbonyl (C=O) groups excluding carboxylic acids is 2. The van der Waals surface area contributed by atoms with Crippen molar-refractivity contribution in [2.24, 2.45) is 0 Å². The molecule has 1 unspecified atom stereocenters. The molecule has 1 heterocycles. The molecule has 1 aliphatic carbocycles. The van der Waals surface area contributed by atoms with Gasteiger partial charge in [0, 0.05) is 38.3 Å². The standard InChI is InChI=1S/C23H36N4O3/c1-19(16-26-12-14-30-15-13-26)27(17-20-8-4-2-5-9-20)18-22(28)25-23(29)24-21-10-6-3-7-11-21/h2,4-5,8-9,19,21H,3,6-7,10-18H2,1H3,(H2,24,25,28,29). The summed E-state index contributed by atoms with van der Waals surface area (Å²) in [6.45, 7) is 7.23. The van der Waals surface area contributed by atoms with E-state index in [1.807, 2.05) is 18.2 Å². The maximum Gasteiger partial charge on any atom is 0.321 e. The molecule has 0 radical (unpaired) electrons. The summed E-state index contributed by atoms with van der Waals surface area (Å²) >= 11 is 0. The van der Waals surface area contributed by atoms with Crippen molar-refractivity contribution < 1.29 is 14.3 Å². The third kappa shape index (κ3) is 7.70. The molecule has 1 aromatic rings. The van der Waals surface area contributed by atoms with Crippen LogP contribution in [0.2, 0.25) is 0 Å². The van der Waals surface area contributed by atoms with E-state index in [9.17, 15) is 9.59 Å². The average Bonchev–Trinajstić information content (AvgIpc) is 2.75. The molecule has 30 heavy (non-hydrogen) atoms. The molecule has 1 atom stereocenters. The zero-order valence-corrected chi connectivity index (χ0v) is 18.1. The van der Waals surface area contributed by atoms with Crippen LogP contribution in [0, 0.1) is 0 Å². The Labute approximate surface area is 180 Å². The van der Waals surface area contributed by atoms with Crippen LogP contribution < -0.4 is 10.6 Å². The highest BCUT2D eigenvalue weighted by atomic mass is 16.5. The van der Waals surface area contributed by atoms with E-state index in [2.05, 4.69) is 39.5 Å². The quantitative estimate of drug-likeness (QED) is 0.681. The maximum atomic E-state index is 12.6. The van der Waals surface area contributed by atoms with Crippen molar-refractivity contribution in [3.05, 3.63) is 35.9 Å². The van der Waals surface area contributed by atoms with Crippen LogP contribution in [-0.2, 0) is 16.1 Å². The van der Waals surface area contributed by atoms with E-state index in [4.69, 9.17) is 4.74 Å². The van der Waals surface area contributed by atoms with Crippen molar-refractivity contribution in [3.63, 3.8) is 0 Å². The van der Waals surface area contributed by atoms with Crippen LogP contribution >= 0.6 is 0 Å². The van der Waals surface area contributed by atoms with Gasteiger partial charge in [-0.1, -0.05) is 49.6 Å². The smallest absolute Gasteiger partial charge is 0.321 e. The van der Waals surface area contributed by atoms with Crippen LogP contribution in [0.25, 0.3) is 0 Å². The molecule has 1 aromatic carbocycles. The van der Waals surface area contributed by atoms with Gasteiger partial charge < -0.3 is 10.1 Å². The monoisotopic (exact) mass is 416 g/mol. The van der Waals surface area contributed by atoms with Gasteiger partial charge in [-0.25, -0.2) is 4.79 Å². The summed E-state index contributed by atoms with van der Waals surface area (Å²) in [5.41, 5.74) is 1.16. The molecule has 0 bridgehead atoms. The topological polar surface area (TPSA) is 73.9 Å². The molecule has 0 spiro atoms. The number of hydrogen-bond donors (Lipinski definition) is 2. The number of morpholine rings is 1. The van der Waals surface area contributed by atoms with E-state index in [-0.39, 0.29) is 30.6 Å². The summed E-state index contributed by atoms with van der Waals surface area (Å²) in [6, 6.07) is 10.2. The SMILES string of the molecule is CC(CN1CCOCC1)N(CC(=O)NC(=O)NC1CCCCC1)Cc1ccccc1. The van der Waals surface area contributed by atoms with Gasteiger partial charge in [0.05, 0.1) is 19.8 Å². The lowest BCUT2D eigenvalue weighted by Gasteiger charge is -2.34. The Balaban J connectivity index is 1.54. The molecule has 3 rings (SSSR count). The number of ether oxygens (including phenoxy) is 1. The van der Waals surface area contributed by atoms with Crippen LogP contribution in [0.3, 0.4) is 0 Å². The minimum absolute atomic E-state index is 0.176. The molecule has 2 aliphatic rings. The fraction of sp³-hybridized carbons (Fsp3) is 0.652. The van der Waals surface area contributed by atoms with E-state index in [1.54, 1.807) is 0 Å². The predicted octanol–water partition coefficient (Wildman–Crippen LogP) is 2.37. The minimum atomic E-state index is -0.368. The number of carbonyl (C=O) groups is 2. The largest absolute Gasteiger partial charge is 0.379 e. The first-order chi connectivity index (χ1) is 14.6. The lowest BCUT2D eigenvalue weighted by Crippen LogP contribution is -2.51. The predicted molar refractivity (Wildman–Crippen MR) is 117 cm³/mol. The van der Waals surface area contributed by atoms with Crippen LogP contribution in [0.1, 0.15) is 44.6 Å². The fourth-order valence-electron chi connectivity index (χ4n) is 4.28. The Morgan fingerprint density at radius 2 is 1.83 bits per heavy atom. The van der Waals surface area contributed by atoms with Gasteiger partial charge in [-0.2, -0.15) is 0 Å². The molecule has 3 amide bonds. The van der Waals surface area contributed by atoms with Gasteiger partial charge in [-0.15, -0.1) is 0 Å². The van der Waals surface area contributed by atoms with E-state index in [1.165, 1.54) is 6.42 Å². The highest BCUT2D eigenvalue weighted by Crippen LogP contribution is 2.17. The molecule has 1 aliphatic heterocycles. The first kappa shape index (κ1) is 22.7. The Bertz CT molecular complexity index is 658. The second-order valence-corrected chi connectivity index (χ2v) is 8.51. The van der Waals surface area contributed by atoms with E-state index in [0.717, 1.165) is 64.1 Å². The average molecular weight is 417 g/mol. The highest BCUT2D eigenvalue weighted by Gasteiger charge is 2.23. The van der Waals surface area contributed by atoms with Crippen LogP contribution in [0.5, 0.6) is 0 Å². The third-order valence-corrected chi connectivity index (χ3v) is 6.02. The molecule has 7 heteroatoms. The number of benzene rings is 1. The third-order valence-electron chi connectivity index (χ3n) is 6.02. The molecule has 166 valence electrons. The molecule has 0 aromatic heterocycles. The molecule has 2 fully saturated rings. The number of hydrogen-bond acceptors (Lipinski definition) is 5. The molecule has 7 nitrogen and oxygen atoms in total. The normalized spacial score (nSPS) is 19.4. The van der Waals surface area contributed by atoms with Crippen LogP contribution in [0.4, 0.5) is 4.79 Å². The lowest BCUT2D eigenvalue weighted by atomic mass is 9.96. The van der Waals surface area contributed by atoms with Crippen molar-refractivity contribution in [1.29, 1.82) is 0 Å². The van der Waals surface area contributed by atoms with Crippen LogP contribution in [-0.4, -0.2) is 73.2 Å². The van der Waals surface area contributed by atoms with Gasteiger partial charge in [0.1, 0.15) is 0 Å². The highest BCUT2D eigenvalue weighted by molar-refractivity contribution is 5.95. The van der Waals surface area contributed by atoms with Gasteiger partial charge in [-0.05, 0) is 25.3 Å². The van der Waals surface area contributed by atoms with Crippen molar-refractivity contribution in [1.82, 2.24) is 20.4 Å². The van der Waals surface area contributed by atoms with Gasteiger partial charge in [0.15, 0.2) is 0 Å². The first-order valence-electron chi connectivity index (χ1n) is 11.3. The van der Waals surface area contributed by atoms with Crippen molar-refractivity contribution in [2.75, 3.05) is 39.4 Å². The first-order valence-corrected chi connectivity index (χ1v) is 11.3. The Morgan fingerprint density at radius 1 is 1.13 bits per heavy atom. The van der Waals surface area contributed by atoms with Crippen LogP contribution in [0.15, 0.2) is 30.3 Å². The maximum absolute atomic E-state index is 12.6. The number of amides is 3. The van der Waals surface area contributed by atoms with E-state index >= 15 is 0 Å². The molecule has 1 saturated carbocycles. The van der Waals surface area contributed by atoms with Gasteiger partial charge in [0.25, 0.3) is 0 Å². The molecule has 2 N–H and O–H groups in total. The Morgan fingerprint density at radius 3 is 2.53 bits per heavy atom. The second kappa shape index (κ2) is 12.0. The Kier molecular flexibility index (Phi) is 9.11. The second-order valence-electron chi connectivity index (χ2n) is 8.51. The van der Waals surface area contributed by atoms with E-state index < -0.39 is 0 Å². The number of nitrogens with zero attached hydrogens (tertiary/aromatic N) is 2. The lowest BCUT2D eigenvalue weighted by molar-refractivity contribution is -0.122. The summed E-state index contributed by atoms with van der Waals surface area (Å²) in [6.07, 6.45) is 5.51. The zero-order valence-electron chi connectivity index (χ0n) is 18.1. The molecular formula is C23H36N4O3. The van der Waals surface area contributed by atoms with Gasteiger partial charge in [0.2, 0.25) is 5.91 Å². The number of imide groups is 1. The molecule has 1 saturated heterocycles. The summed E-state index contributed by atoms with van der Waals surface area (Å²) in [4.78, 5) is 29.4. The number of urea groups is 1. The molecular weight excluding hydrogens is 380 g/mol. The zero-order chi connectivity index (χ0) is 21.2. The van der Waals surface area contributed by atoms with Crippen molar-refractivity contribution in [3.8, 4) is 0 Å². The summed E-state index contributed by atoms with van der Waals surface area (Å²) < 4.78 is 5.44. The number of nitrogens with one attached hydrogen (secondary N) is 2. The van der Waals surface area contributed by atoms with Crippen molar-refractivity contribution in [2.45, 2.75) is 57.7 Å². The fourth-order valence-corrected chi connectivity index (χ4v) is 4.28. The van der Waals surface area contributed by atoms with Gasteiger partial charge >= 0.3 is 6.03 Å². The minimum Gasteiger partial charge on any atom is -0.379 e. The van der Waals surface area contributed by atoms with E-state index in [0.29, 0.717) is 6.54 Å². The van der Waals surface area contributed by atoms with Gasteiger partial charge in [-0.3, -0.25) is 19.9 Å². The Hall–Kier alpha value is -1.96.